The zero-order chi connectivity index (χ0) is 23.9. The Morgan fingerprint density at radius 3 is 2.94 bits per heavy atom. The molecule has 8 heteroatoms. The third-order valence-electron chi connectivity index (χ3n) is 7.06. The van der Waals surface area contributed by atoms with Crippen LogP contribution in [0.3, 0.4) is 0 Å². The molecule has 3 heterocycles. The van der Waals surface area contributed by atoms with E-state index in [1.54, 1.807) is 23.4 Å². The van der Waals surface area contributed by atoms with Crippen LogP contribution in [0.5, 0.6) is 0 Å². The van der Waals surface area contributed by atoms with Crippen molar-refractivity contribution in [1.29, 1.82) is 0 Å². The lowest BCUT2D eigenvalue weighted by molar-refractivity contribution is 0.184. The number of hydrogen-bond acceptors (Lipinski definition) is 6. The normalized spacial score (nSPS) is 18.0. The number of methoxy groups -OCH3 is 1. The average molecular weight is 471 g/mol. The standard InChI is InChI=1S/C27H27FN6O/c1-16(15-35-2)24-14-30-34-26(24)32-25(19-10-20(28)13-29-12-19)33-27(34)31-21-8-7-18-9-17-5-3-4-6-22(17)23(18)11-21/h3-6,10,12-14,16,21H,7-9,11,15H2,1-2H3,(H,31,32,33)/t16-,21+/m0/s1. The van der Waals surface area contributed by atoms with Crippen molar-refractivity contribution in [1.82, 2.24) is 24.6 Å². The molecule has 3 aromatic heterocycles. The maximum absolute atomic E-state index is 14.0. The molecule has 0 spiro atoms. The van der Waals surface area contributed by atoms with Gasteiger partial charge in [0.1, 0.15) is 5.82 Å². The monoisotopic (exact) mass is 470 g/mol. The minimum Gasteiger partial charge on any atom is -0.384 e. The van der Waals surface area contributed by atoms with E-state index in [0.717, 1.165) is 31.2 Å². The van der Waals surface area contributed by atoms with E-state index in [9.17, 15) is 4.39 Å². The summed E-state index contributed by atoms with van der Waals surface area (Å²) in [6.45, 7) is 2.62. The van der Waals surface area contributed by atoms with Crippen LogP contribution >= 0.6 is 0 Å². The van der Waals surface area contributed by atoms with Crippen LogP contribution < -0.4 is 5.32 Å². The van der Waals surface area contributed by atoms with Crippen molar-refractivity contribution in [3.63, 3.8) is 0 Å². The number of nitrogens with zero attached hydrogens (tertiary/aromatic N) is 5. The summed E-state index contributed by atoms with van der Waals surface area (Å²) in [6.07, 6.45) is 8.66. The molecule has 1 N–H and O–H groups in total. The first-order valence-corrected chi connectivity index (χ1v) is 12.0. The molecule has 35 heavy (non-hydrogen) atoms. The predicted molar refractivity (Wildman–Crippen MR) is 133 cm³/mol. The van der Waals surface area contributed by atoms with Gasteiger partial charge in [-0.15, -0.1) is 0 Å². The van der Waals surface area contributed by atoms with E-state index in [1.165, 1.54) is 29.0 Å². The number of rotatable bonds is 6. The molecular formula is C27H27FN6O. The maximum atomic E-state index is 14.0. The van der Waals surface area contributed by atoms with Crippen LogP contribution in [0.1, 0.15) is 48.8 Å². The first-order valence-electron chi connectivity index (χ1n) is 12.0. The number of benzene rings is 1. The van der Waals surface area contributed by atoms with Crippen LogP contribution in [0.4, 0.5) is 10.3 Å². The van der Waals surface area contributed by atoms with Crippen LogP contribution in [0.15, 0.2) is 54.5 Å². The first-order chi connectivity index (χ1) is 17.1. The highest BCUT2D eigenvalue weighted by molar-refractivity contribution is 5.77. The highest BCUT2D eigenvalue weighted by Crippen LogP contribution is 2.42. The Morgan fingerprint density at radius 2 is 2.09 bits per heavy atom. The minimum absolute atomic E-state index is 0.0936. The van der Waals surface area contributed by atoms with Crippen molar-refractivity contribution in [2.75, 3.05) is 19.0 Å². The summed E-state index contributed by atoms with van der Waals surface area (Å²) in [6, 6.07) is 10.3. The molecule has 0 aliphatic heterocycles. The van der Waals surface area contributed by atoms with Crippen molar-refractivity contribution >= 4 is 17.2 Å². The van der Waals surface area contributed by atoms with Crippen molar-refractivity contribution in [2.24, 2.45) is 0 Å². The summed E-state index contributed by atoms with van der Waals surface area (Å²) in [5.74, 6) is 0.690. The van der Waals surface area contributed by atoms with E-state index in [0.29, 0.717) is 29.6 Å². The van der Waals surface area contributed by atoms with E-state index in [-0.39, 0.29) is 12.0 Å². The van der Waals surface area contributed by atoms with Gasteiger partial charge in [-0.25, -0.2) is 9.37 Å². The van der Waals surface area contributed by atoms with E-state index in [2.05, 4.69) is 46.6 Å². The molecule has 0 unspecified atom stereocenters. The Morgan fingerprint density at radius 1 is 1.20 bits per heavy atom. The Bertz CT molecular complexity index is 1440. The Hall–Kier alpha value is -3.65. The van der Waals surface area contributed by atoms with Crippen LogP contribution in [0.25, 0.3) is 22.6 Å². The summed E-state index contributed by atoms with van der Waals surface area (Å²) in [5.41, 5.74) is 7.99. The summed E-state index contributed by atoms with van der Waals surface area (Å²) in [5, 5.41) is 8.26. The second-order valence-electron chi connectivity index (χ2n) is 9.45. The predicted octanol–water partition coefficient (Wildman–Crippen LogP) is 5.05. The van der Waals surface area contributed by atoms with Gasteiger partial charge in [0, 0.05) is 36.4 Å². The molecule has 0 saturated carbocycles. The maximum Gasteiger partial charge on any atom is 0.228 e. The fourth-order valence-corrected chi connectivity index (χ4v) is 5.33. The van der Waals surface area contributed by atoms with Crippen LogP contribution in [0, 0.1) is 5.82 Å². The molecule has 2 aliphatic rings. The van der Waals surface area contributed by atoms with E-state index in [4.69, 9.17) is 14.7 Å². The molecule has 7 nitrogen and oxygen atoms in total. The second kappa shape index (κ2) is 8.85. The van der Waals surface area contributed by atoms with Gasteiger partial charge in [-0.2, -0.15) is 14.6 Å². The van der Waals surface area contributed by atoms with Crippen molar-refractivity contribution in [3.8, 4) is 11.4 Å². The summed E-state index contributed by atoms with van der Waals surface area (Å²) >= 11 is 0. The lowest BCUT2D eigenvalue weighted by Crippen LogP contribution is -2.25. The first kappa shape index (κ1) is 21.9. The minimum atomic E-state index is -0.423. The lowest BCUT2D eigenvalue weighted by atomic mass is 9.88. The zero-order valence-electron chi connectivity index (χ0n) is 19.8. The fourth-order valence-electron chi connectivity index (χ4n) is 5.33. The Labute approximate surface area is 203 Å². The second-order valence-corrected chi connectivity index (χ2v) is 9.45. The molecule has 6 rings (SSSR count). The Balaban J connectivity index is 1.38. The van der Waals surface area contributed by atoms with E-state index in [1.807, 2.05) is 6.20 Å². The number of halogens is 1. The fraction of sp³-hybridized carbons (Fsp3) is 0.333. The third-order valence-corrected chi connectivity index (χ3v) is 7.06. The molecule has 0 saturated heterocycles. The van der Waals surface area contributed by atoms with Crippen LogP contribution in [0.2, 0.25) is 0 Å². The third kappa shape index (κ3) is 3.97. The summed E-state index contributed by atoms with van der Waals surface area (Å²) in [7, 11) is 1.68. The smallest absolute Gasteiger partial charge is 0.228 e. The van der Waals surface area contributed by atoms with Gasteiger partial charge in [0.05, 0.1) is 19.0 Å². The number of anilines is 1. The van der Waals surface area contributed by atoms with Gasteiger partial charge in [-0.1, -0.05) is 36.8 Å². The van der Waals surface area contributed by atoms with Gasteiger partial charge < -0.3 is 10.1 Å². The van der Waals surface area contributed by atoms with Crippen LogP contribution in [-0.4, -0.2) is 44.3 Å². The van der Waals surface area contributed by atoms with E-state index >= 15 is 0 Å². The van der Waals surface area contributed by atoms with Crippen molar-refractivity contribution in [2.45, 2.75) is 44.6 Å². The molecule has 2 aliphatic carbocycles. The molecule has 0 bridgehead atoms. The number of allylic oxidation sites excluding steroid dienone is 1. The van der Waals surface area contributed by atoms with E-state index < -0.39 is 5.82 Å². The summed E-state index contributed by atoms with van der Waals surface area (Å²) < 4.78 is 21.1. The molecule has 0 radical (unpaired) electrons. The van der Waals surface area contributed by atoms with Gasteiger partial charge in [0.2, 0.25) is 5.95 Å². The highest BCUT2D eigenvalue weighted by Gasteiger charge is 2.29. The van der Waals surface area contributed by atoms with Gasteiger partial charge >= 0.3 is 0 Å². The molecular weight excluding hydrogens is 443 g/mol. The lowest BCUT2D eigenvalue weighted by Gasteiger charge is -2.26. The number of nitrogens with one attached hydrogen (secondary N) is 1. The van der Waals surface area contributed by atoms with Crippen molar-refractivity contribution < 1.29 is 9.13 Å². The highest BCUT2D eigenvalue weighted by atomic mass is 19.1. The van der Waals surface area contributed by atoms with Crippen molar-refractivity contribution in [3.05, 3.63) is 77.0 Å². The van der Waals surface area contributed by atoms with Gasteiger partial charge in [0.15, 0.2) is 11.5 Å². The SMILES string of the molecule is COC[C@H](C)c1cnn2c(N[C@@H]3CCC4=C(C3)c3ccccc3C4)nc(-c3cncc(F)c3)nc12. The van der Waals surface area contributed by atoms with Gasteiger partial charge in [-0.3, -0.25) is 4.98 Å². The molecule has 0 amide bonds. The Kier molecular flexibility index (Phi) is 5.53. The molecule has 2 atom stereocenters. The number of aromatic nitrogens is 5. The zero-order valence-corrected chi connectivity index (χ0v) is 19.8. The number of fused-ring (bicyclic) bond motifs is 3. The summed E-state index contributed by atoms with van der Waals surface area (Å²) in [4.78, 5) is 13.5. The molecule has 0 fully saturated rings. The topological polar surface area (TPSA) is 77.2 Å². The number of hydrogen-bond donors (Lipinski definition) is 1. The number of pyridine rings is 1. The van der Waals surface area contributed by atoms with Gasteiger partial charge in [0.25, 0.3) is 0 Å². The molecule has 1 aromatic carbocycles. The van der Waals surface area contributed by atoms with Crippen LogP contribution in [-0.2, 0) is 11.2 Å². The molecule has 4 aromatic rings. The average Bonchev–Trinajstić information content (AvgIpc) is 3.46. The molecule has 178 valence electrons. The largest absolute Gasteiger partial charge is 0.384 e. The number of ether oxygens (including phenoxy) is 1. The van der Waals surface area contributed by atoms with Gasteiger partial charge in [-0.05, 0) is 48.4 Å². The quantitative estimate of drug-likeness (QED) is 0.425.